The molecule has 4 aromatic rings. The van der Waals surface area contributed by atoms with Crippen LogP contribution in [0.25, 0.3) is 22.8 Å². The lowest BCUT2D eigenvalue weighted by Crippen LogP contribution is -2.49. The number of anilines is 2. The summed E-state index contributed by atoms with van der Waals surface area (Å²) in [5, 5.41) is 10.5. The number of esters is 1. The number of carbonyl (C=O) groups excluding carboxylic acids is 1. The number of aromatic nitrogens is 6. The third kappa shape index (κ3) is 5.53. The van der Waals surface area contributed by atoms with Gasteiger partial charge in [-0.15, -0.1) is 0 Å². The van der Waals surface area contributed by atoms with Crippen molar-refractivity contribution in [3.8, 4) is 28.9 Å². The fourth-order valence-electron chi connectivity index (χ4n) is 4.48. The molecular weight excluding hydrogens is 488 g/mol. The van der Waals surface area contributed by atoms with Crippen molar-refractivity contribution in [2.75, 3.05) is 24.9 Å². The monoisotopic (exact) mass is 516 g/mol. The van der Waals surface area contributed by atoms with Crippen LogP contribution >= 0.6 is 0 Å². The maximum absolute atomic E-state index is 12.7. The SMILES string of the molecule is COC(=O)C1(Nc2nc(NCc3cccc(-c4nc(-c5ccncc5)no4)c3)nc(OC)n2)CCCCC1. The standard InChI is InChI=1S/C26H28N8O4/c1-36-22(35)26(11-4-3-5-12-26)33-24-30-23(31-25(32-24)37-2)28-16-17-7-6-8-19(15-17)21-29-20(34-38-21)18-9-13-27-14-10-18/h6-10,13-15H,3-5,11-12,16H2,1-2H3,(H2,28,30,31,32,33). The first-order valence-corrected chi connectivity index (χ1v) is 12.3. The van der Waals surface area contributed by atoms with Crippen LogP contribution < -0.4 is 15.4 Å². The summed E-state index contributed by atoms with van der Waals surface area (Å²) >= 11 is 0. The summed E-state index contributed by atoms with van der Waals surface area (Å²) in [6, 6.07) is 11.5. The van der Waals surface area contributed by atoms with Gasteiger partial charge in [0.25, 0.3) is 5.89 Å². The van der Waals surface area contributed by atoms with E-state index in [2.05, 4.69) is 40.7 Å². The molecule has 1 aliphatic carbocycles. The third-order valence-corrected chi connectivity index (χ3v) is 6.42. The number of hydrogen-bond acceptors (Lipinski definition) is 12. The van der Waals surface area contributed by atoms with Crippen molar-refractivity contribution in [2.45, 2.75) is 44.2 Å². The second-order valence-electron chi connectivity index (χ2n) is 8.94. The molecule has 0 amide bonds. The average Bonchev–Trinajstić information content (AvgIpc) is 3.47. The van der Waals surface area contributed by atoms with Crippen LogP contribution in [0.1, 0.15) is 37.7 Å². The minimum Gasteiger partial charge on any atom is -0.467 e. The van der Waals surface area contributed by atoms with Gasteiger partial charge in [0.1, 0.15) is 5.54 Å². The Morgan fingerprint density at radius 2 is 1.76 bits per heavy atom. The Morgan fingerprint density at radius 3 is 2.53 bits per heavy atom. The first-order valence-electron chi connectivity index (χ1n) is 12.3. The van der Waals surface area contributed by atoms with Crippen molar-refractivity contribution in [2.24, 2.45) is 0 Å². The normalized spacial score (nSPS) is 14.5. The maximum atomic E-state index is 12.7. The number of hydrogen-bond donors (Lipinski definition) is 2. The van der Waals surface area contributed by atoms with E-state index < -0.39 is 5.54 Å². The summed E-state index contributed by atoms with van der Waals surface area (Å²) in [4.78, 5) is 34.3. The Hall–Kier alpha value is -4.61. The van der Waals surface area contributed by atoms with E-state index in [-0.39, 0.29) is 17.9 Å². The Balaban J connectivity index is 1.32. The van der Waals surface area contributed by atoms with Crippen LogP contribution in [0.5, 0.6) is 6.01 Å². The lowest BCUT2D eigenvalue weighted by molar-refractivity contribution is -0.147. The van der Waals surface area contributed by atoms with Gasteiger partial charge in [-0.3, -0.25) is 4.98 Å². The zero-order valence-electron chi connectivity index (χ0n) is 21.2. The van der Waals surface area contributed by atoms with E-state index in [9.17, 15) is 4.79 Å². The quantitative estimate of drug-likeness (QED) is 0.311. The number of carbonyl (C=O) groups is 1. The van der Waals surface area contributed by atoms with Crippen molar-refractivity contribution < 1.29 is 18.8 Å². The highest BCUT2D eigenvalue weighted by molar-refractivity contribution is 5.84. The predicted molar refractivity (Wildman–Crippen MR) is 138 cm³/mol. The lowest BCUT2D eigenvalue weighted by Gasteiger charge is -2.35. The summed E-state index contributed by atoms with van der Waals surface area (Å²) in [5.74, 6) is 1.13. The zero-order valence-corrected chi connectivity index (χ0v) is 21.2. The van der Waals surface area contributed by atoms with E-state index in [1.807, 2.05) is 36.4 Å². The molecular formula is C26H28N8O4. The molecule has 5 rings (SSSR count). The van der Waals surface area contributed by atoms with Crippen LogP contribution in [0.3, 0.4) is 0 Å². The molecule has 2 N–H and O–H groups in total. The van der Waals surface area contributed by atoms with E-state index in [1.165, 1.54) is 14.2 Å². The molecule has 1 saturated carbocycles. The van der Waals surface area contributed by atoms with Crippen molar-refractivity contribution in [3.63, 3.8) is 0 Å². The summed E-state index contributed by atoms with van der Waals surface area (Å²) in [6.45, 7) is 0.411. The fraction of sp³-hybridized carbons (Fsp3) is 0.346. The third-order valence-electron chi connectivity index (χ3n) is 6.42. The summed E-state index contributed by atoms with van der Waals surface area (Å²) in [6.07, 6.45) is 7.54. The molecule has 0 unspecified atom stereocenters. The molecule has 1 fully saturated rings. The fourth-order valence-corrected chi connectivity index (χ4v) is 4.48. The van der Waals surface area contributed by atoms with Gasteiger partial charge in [0.05, 0.1) is 14.2 Å². The molecule has 0 radical (unpaired) electrons. The van der Waals surface area contributed by atoms with Crippen LogP contribution in [0.2, 0.25) is 0 Å². The van der Waals surface area contributed by atoms with Crippen LogP contribution in [-0.4, -0.2) is 55.8 Å². The first kappa shape index (κ1) is 25.1. The topological polar surface area (TPSA) is 150 Å². The van der Waals surface area contributed by atoms with Gasteiger partial charge in [-0.2, -0.15) is 19.9 Å². The summed E-state index contributed by atoms with van der Waals surface area (Å²) in [5.41, 5.74) is 1.68. The molecule has 38 heavy (non-hydrogen) atoms. The average molecular weight is 517 g/mol. The van der Waals surface area contributed by atoms with E-state index >= 15 is 0 Å². The molecule has 3 heterocycles. The second kappa shape index (κ2) is 11.2. The molecule has 3 aromatic heterocycles. The van der Waals surface area contributed by atoms with Crippen molar-refractivity contribution in [1.29, 1.82) is 0 Å². The van der Waals surface area contributed by atoms with Gasteiger partial charge in [-0.05, 0) is 42.7 Å². The molecule has 1 aliphatic rings. The zero-order chi connectivity index (χ0) is 26.4. The minimum atomic E-state index is -0.871. The minimum absolute atomic E-state index is 0.129. The Labute approximate surface area is 219 Å². The van der Waals surface area contributed by atoms with Gasteiger partial charge in [0, 0.05) is 30.1 Å². The second-order valence-corrected chi connectivity index (χ2v) is 8.94. The van der Waals surface area contributed by atoms with Gasteiger partial charge in [0.15, 0.2) is 0 Å². The molecule has 0 spiro atoms. The largest absolute Gasteiger partial charge is 0.467 e. The van der Waals surface area contributed by atoms with Crippen molar-refractivity contribution in [1.82, 2.24) is 30.1 Å². The van der Waals surface area contributed by atoms with Crippen molar-refractivity contribution >= 4 is 17.9 Å². The van der Waals surface area contributed by atoms with Gasteiger partial charge < -0.3 is 24.6 Å². The Bertz CT molecular complexity index is 1390. The summed E-state index contributed by atoms with van der Waals surface area (Å²) < 4.78 is 15.9. The molecule has 12 heteroatoms. The number of rotatable bonds is 9. The first-order chi connectivity index (χ1) is 18.6. The lowest BCUT2D eigenvalue weighted by atomic mass is 9.82. The Morgan fingerprint density at radius 1 is 0.974 bits per heavy atom. The smallest absolute Gasteiger partial charge is 0.331 e. The van der Waals surface area contributed by atoms with Crippen LogP contribution in [0, 0.1) is 0 Å². The number of nitrogens with one attached hydrogen (secondary N) is 2. The number of nitrogens with zero attached hydrogens (tertiary/aromatic N) is 6. The van der Waals surface area contributed by atoms with Crippen molar-refractivity contribution in [3.05, 3.63) is 54.4 Å². The molecule has 0 aliphatic heterocycles. The van der Waals surface area contributed by atoms with Gasteiger partial charge in [-0.25, -0.2) is 4.79 Å². The maximum Gasteiger partial charge on any atom is 0.331 e. The Kier molecular flexibility index (Phi) is 7.38. The van der Waals surface area contributed by atoms with Gasteiger partial charge >= 0.3 is 12.0 Å². The van der Waals surface area contributed by atoms with E-state index in [0.717, 1.165) is 36.0 Å². The van der Waals surface area contributed by atoms with E-state index in [0.29, 0.717) is 37.0 Å². The number of benzene rings is 1. The van der Waals surface area contributed by atoms with E-state index in [1.54, 1.807) is 12.4 Å². The van der Waals surface area contributed by atoms with E-state index in [4.69, 9.17) is 14.0 Å². The number of ether oxygens (including phenoxy) is 2. The molecule has 1 aromatic carbocycles. The van der Waals surface area contributed by atoms with Gasteiger partial charge in [-0.1, -0.05) is 36.6 Å². The van der Waals surface area contributed by atoms with Crippen LogP contribution in [-0.2, 0) is 16.1 Å². The molecule has 196 valence electrons. The summed E-state index contributed by atoms with van der Waals surface area (Å²) in [7, 11) is 2.87. The molecule has 12 nitrogen and oxygen atoms in total. The molecule has 0 bridgehead atoms. The number of methoxy groups -OCH3 is 2. The van der Waals surface area contributed by atoms with Crippen LogP contribution in [0.4, 0.5) is 11.9 Å². The predicted octanol–water partition coefficient (Wildman–Crippen LogP) is 3.89. The van der Waals surface area contributed by atoms with Crippen LogP contribution in [0.15, 0.2) is 53.3 Å². The number of pyridine rings is 1. The molecule has 0 atom stereocenters. The highest BCUT2D eigenvalue weighted by atomic mass is 16.5. The highest BCUT2D eigenvalue weighted by Gasteiger charge is 2.41. The van der Waals surface area contributed by atoms with Gasteiger partial charge in [0.2, 0.25) is 17.7 Å². The highest BCUT2D eigenvalue weighted by Crippen LogP contribution is 2.32. The molecule has 0 saturated heterocycles.